The number of rotatable bonds is 3. The summed E-state index contributed by atoms with van der Waals surface area (Å²) in [5, 5.41) is 3.77. The average Bonchev–Trinajstić information content (AvgIpc) is 3.18. The summed E-state index contributed by atoms with van der Waals surface area (Å²) in [6, 6.07) is 12.4. The molecule has 30 heavy (non-hydrogen) atoms. The van der Waals surface area contributed by atoms with Crippen LogP contribution in [0.5, 0.6) is 0 Å². The van der Waals surface area contributed by atoms with Gasteiger partial charge in [-0.15, -0.1) is 11.3 Å². The van der Waals surface area contributed by atoms with Crippen molar-refractivity contribution in [1.29, 1.82) is 0 Å². The molecule has 0 aliphatic carbocycles. The van der Waals surface area contributed by atoms with E-state index in [9.17, 15) is 18.0 Å². The van der Waals surface area contributed by atoms with E-state index in [1.807, 2.05) is 19.1 Å². The van der Waals surface area contributed by atoms with E-state index in [0.717, 1.165) is 21.3 Å². The Balaban J connectivity index is 1.70. The fourth-order valence-corrected chi connectivity index (χ4v) is 4.45. The molecule has 0 aliphatic rings. The van der Waals surface area contributed by atoms with E-state index in [2.05, 4.69) is 10.3 Å². The molecule has 0 bridgehead atoms. The average molecular weight is 429 g/mol. The van der Waals surface area contributed by atoms with E-state index in [1.165, 1.54) is 28.0 Å². The molecule has 2 aromatic carbocycles. The van der Waals surface area contributed by atoms with Crippen LogP contribution in [0.1, 0.15) is 32.3 Å². The number of carbonyl (C=O) groups excluding carboxylic acids is 1. The fourth-order valence-electron chi connectivity index (χ4n) is 3.59. The Morgan fingerprint density at radius 1 is 1.07 bits per heavy atom. The first-order valence-corrected chi connectivity index (χ1v) is 10.0. The minimum absolute atomic E-state index is 0.000560. The summed E-state index contributed by atoms with van der Waals surface area (Å²) in [5.74, 6) is -0.376. The van der Waals surface area contributed by atoms with Gasteiger partial charge in [-0.1, -0.05) is 12.1 Å². The lowest BCUT2D eigenvalue weighted by atomic mass is 10.1. The molecule has 0 radical (unpaired) electrons. The highest BCUT2D eigenvalue weighted by Crippen LogP contribution is 2.35. The minimum Gasteiger partial charge on any atom is -0.322 e. The van der Waals surface area contributed by atoms with Crippen LogP contribution < -0.4 is 5.32 Å². The molecule has 2 aromatic heterocycles. The number of carbonyl (C=O) groups is 1. The lowest BCUT2D eigenvalue weighted by Crippen LogP contribution is -2.14. The van der Waals surface area contributed by atoms with Gasteiger partial charge in [0.15, 0.2) is 0 Å². The molecule has 154 valence electrons. The van der Waals surface area contributed by atoms with Gasteiger partial charge in [-0.2, -0.15) is 13.2 Å². The maximum atomic E-state index is 13.5. The predicted molar refractivity (Wildman–Crippen MR) is 113 cm³/mol. The lowest BCUT2D eigenvalue weighted by Gasteiger charge is -2.16. The smallest absolute Gasteiger partial charge is 0.322 e. The first-order chi connectivity index (χ1) is 14.1. The summed E-state index contributed by atoms with van der Waals surface area (Å²) in [6.45, 7) is 5.24. The summed E-state index contributed by atoms with van der Waals surface area (Å²) in [4.78, 5) is 17.3. The monoisotopic (exact) mass is 429 g/mol. The van der Waals surface area contributed by atoms with Gasteiger partial charge >= 0.3 is 6.18 Å². The molecule has 0 fully saturated rings. The molecule has 4 nitrogen and oxygen atoms in total. The van der Waals surface area contributed by atoms with Gasteiger partial charge in [0.1, 0.15) is 0 Å². The zero-order valence-electron chi connectivity index (χ0n) is 16.5. The van der Waals surface area contributed by atoms with E-state index < -0.39 is 11.7 Å². The zero-order valence-corrected chi connectivity index (χ0v) is 17.3. The topological polar surface area (TPSA) is 46.9 Å². The lowest BCUT2D eigenvalue weighted by molar-refractivity contribution is -0.137. The van der Waals surface area contributed by atoms with E-state index >= 15 is 0 Å². The van der Waals surface area contributed by atoms with Crippen molar-refractivity contribution < 1.29 is 18.0 Å². The molecule has 0 saturated heterocycles. The fraction of sp³-hybridized carbons (Fsp3) is 0.182. The second kappa shape index (κ2) is 7.28. The molecular formula is C22H18F3N3OS. The molecule has 4 aromatic rings. The Kier molecular flexibility index (Phi) is 4.89. The van der Waals surface area contributed by atoms with Crippen LogP contribution in [-0.2, 0) is 6.18 Å². The number of anilines is 1. The van der Waals surface area contributed by atoms with E-state index in [1.54, 1.807) is 32.0 Å². The summed E-state index contributed by atoms with van der Waals surface area (Å²) < 4.78 is 42.9. The maximum Gasteiger partial charge on any atom is 0.418 e. The molecule has 0 saturated carbocycles. The Labute approximate surface area is 175 Å². The van der Waals surface area contributed by atoms with Gasteiger partial charge in [-0.05, 0) is 57.2 Å². The van der Waals surface area contributed by atoms with Crippen molar-refractivity contribution in [2.24, 2.45) is 0 Å². The number of hydrogen-bond acceptors (Lipinski definition) is 3. The first kappa shape index (κ1) is 20.2. The van der Waals surface area contributed by atoms with Gasteiger partial charge in [0.2, 0.25) is 0 Å². The highest BCUT2D eigenvalue weighted by atomic mass is 32.1. The second-order valence-corrected chi connectivity index (χ2v) is 8.24. The molecule has 0 atom stereocenters. The second-order valence-electron chi connectivity index (χ2n) is 7.00. The number of halogens is 3. The van der Waals surface area contributed by atoms with Crippen molar-refractivity contribution in [1.82, 2.24) is 9.55 Å². The molecule has 2 heterocycles. The van der Waals surface area contributed by atoms with Crippen molar-refractivity contribution in [3.8, 4) is 5.69 Å². The van der Waals surface area contributed by atoms with Gasteiger partial charge in [0.05, 0.1) is 32.0 Å². The Hall–Kier alpha value is -3.13. The summed E-state index contributed by atoms with van der Waals surface area (Å²) in [5.41, 5.74) is 2.03. The number of nitrogens with zero attached hydrogens (tertiary/aromatic N) is 2. The van der Waals surface area contributed by atoms with Crippen LogP contribution in [0.2, 0.25) is 0 Å². The molecule has 4 rings (SSSR count). The molecule has 0 aliphatic heterocycles. The third kappa shape index (κ3) is 3.59. The van der Waals surface area contributed by atoms with Crippen molar-refractivity contribution >= 4 is 33.1 Å². The maximum absolute atomic E-state index is 13.5. The number of fused-ring (bicyclic) bond motifs is 1. The quantitative estimate of drug-likeness (QED) is 0.416. The van der Waals surface area contributed by atoms with E-state index in [0.29, 0.717) is 22.6 Å². The first-order valence-electron chi connectivity index (χ1n) is 9.19. The standard InChI is InChI=1S/C22H18F3N3OS/c1-12-10-16(13(2)28(12)19-7-5-4-6-17(19)22(23,24)25)21(29)27-15-8-9-18-20(11-15)30-14(3)26-18/h4-11H,1-3H3,(H,27,29). The number of aromatic nitrogens is 2. The van der Waals surface area contributed by atoms with Crippen LogP contribution >= 0.6 is 11.3 Å². The molecule has 1 N–H and O–H groups in total. The number of nitrogens with one attached hydrogen (secondary N) is 1. The SMILES string of the molecule is Cc1nc2ccc(NC(=O)c3cc(C)n(-c4ccccc4C(F)(F)F)c3C)cc2s1. The van der Waals surface area contributed by atoms with Crippen LogP contribution in [0.4, 0.5) is 18.9 Å². The van der Waals surface area contributed by atoms with Gasteiger partial charge in [0, 0.05) is 17.1 Å². The Bertz CT molecular complexity index is 1270. The van der Waals surface area contributed by atoms with Gasteiger partial charge < -0.3 is 9.88 Å². The number of benzene rings is 2. The number of aryl methyl sites for hydroxylation is 2. The third-order valence-corrected chi connectivity index (χ3v) is 5.81. The van der Waals surface area contributed by atoms with Crippen LogP contribution in [0.15, 0.2) is 48.5 Å². The van der Waals surface area contributed by atoms with Crippen LogP contribution in [-0.4, -0.2) is 15.5 Å². The van der Waals surface area contributed by atoms with Crippen LogP contribution in [0, 0.1) is 20.8 Å². The van der Waals surface area contributed by atoms with E-state index in [4.69, 9.17) is 0 Å². The van der Waals surface area contributed by atoms with Crippen molar-refractivity contribution in [2.45, 2.75) is 26.9 Å². The van der Waals surface area contributed by atoms with Gasteiger partial charge in [-0.3, -0.25) is 4.79 Å². The van der Waals surface area contributed by atoms with Crippen molar-refractivity contribution in [3.05, 3.63) is 76.1 Å². The largest absolute Gasteiger partial charge is 0.418 e. The van der Waals surface area contributed by atoms with Crippen LogP contribution in [0.3, 0.4) is 0 Å². The Morgan fingerprint density at radius 3 is 2.53 bits per heavy atom. The number of amides is 1. The summed E-state index contributed by atoms with van der Waals surface area (Å²) >= 11 is 1.53. The zero-order chi connectivity index (χ0) is 21.6. The van der Waals surface area contributed by atoms with Crippen molar-refractivity contribution in [3.63, 3.8) is 0 Å². The van der Waals surface area contributed by atoms with Gasteiger partial charge in [-0.25, -0.2) is 4.98 Å². The highest BCUT2D eigenvalue weighted by Gasteiger charge is 2.34. The molecule has 0 spiro atoms. The Morgan fingerprint density at radius 2 is 1.80 bits per heavy atom. The van der Waals surface area contributed by atoms with Gasteiger partial charge in [0.25, 0.3) is 5.91 Å². The van der Waals surface area contributed by atoms with Crippen LogP contribution in [0.25, 0.3) is 15.9 Å². The number of hydrogen-bond donors (Lipinski definition) is 1. The third-order valence-electron chi connectivity index (χ3n) is 4.88. The normalized spacial score (nSPS) is 11.8. The minimum atomic E-state index is -4.50. The number of thiazole rings is 1. The highest BCUT2D eigenvalue weighted by molar-refractivity contribution is 7.18. The number of alkyl halides is 3. The van der Waals surface area contributed by atoms with Crippen molar-refractivity contribution in [2.75, 3.05) is 5.32 Å². The molecule has 0 unspecified atom stereocenters. The summed E-state index contributed by atoms with van der Waals surface area (Å²) in [7, 11) is 0. The molecular weight excluding hydrogens is 411 g/mol. The van der Waals surface area contributed by atoms with E-state index in [-0.39, 0.29) is 11.6 Å². The summed E-state index contributed by atoms with van der Waals surface area (Å²) in [6.07, 6.45) is -4.50. The molecule has 1 amide bonds. The molecule has 8 heteroatoms. The predicted octanol–water partition coefficient (Wildman–Crippen LogP) is 6.28. The number of para-hydroxylation sites is 1.